The number of nitrogen functional groups attached to an aromatic ring is 1. The minimum atomic E-state index is -0.174. The predicted octanol–water partition coefficient (Wildman–Crippen LogP) is 2.20. The highest BCUT2D eigenvalue weighted by atomic mass is 16.5. The maximum atomic E-state index is 11.2. The van der Waals surface area contributed by atoms with E-state index in [-0.39, 0.29) is 12.1 Å². The third-order valence-electron chi connectivity index (χ3n) is 3.56. The molecule has 0 saturated heterocycles. The Balaban J connectivity index is 2.10. The lowest BCUT2D eigenvalue weighted by Gasteiger charge is -2.36. The molecule has 0 bridgehead atoms. The quantitative estimate of drug-likeness (QED) is 0.660. The van der Waals surface area contributed by atoms with Crippen molar-refractivity contribution in [3.63, 3.8) is 0 Å². The fourth-order valence-corrected chi connectivity index (χ4v) is 2.46. The minimum Gasteiger partial charge on any atom is -0.486 e. The van der Waals surface area contributed by atoms with Gasteiger partial charge >= 0.3 is 5.97 Å². The second-order valence-electron chi connectivity index (χ2n) is 4.97. The number of rotatable bonds is 5. The fourth-order valence-electron chi connectivity index (χ4n) is 2.46. The van der Waals surface area contributed by atoms with Crippen LogP contribution >= 0.6 is 0 Å². The second kappa shape index (κ2) is 6.50. The number of nitrogens with zero attached hydrogens (tertiary/aromatic N) is 1. The number of benzene rings is 1. The number of esters is 1. The van der Waals surface area contributed by atoms with Crippen LogP contribution in [-0.4, -0.2) is 32.3 Å². The molecular weight excluding hydrogens is 256 g/mol. The number of nitrogens with two attached hydrogens (primary N) is 1. The number of hydrogen-bond donors (Lipinski definition) is 1. The normalized spacial score (nSPS) is 17.3. The van der Waals surface area contributed by atoms with E-state index < -0.39 is 0 Å². The summed E-state index contributed by atoms with van der Waals surface area (Å²) < 4.78 is 10.6. The summed E-state index contributed by atoms with van der Waals surface area (Å²) in [4.78, 5) is 13.4. The average molecular weight is 278 g/mol. The Morgan fingerprint density at radius 3 is 3.05 bits per heavy atom. The standard InChI is InChI=1S/C15H22N2O3/c1-3-11-10-17(9-5-8-14(18)19-2)15-12(16)6-4-7-13(15)20-11/h4,6-7,11H,3,5,8-10,16H2,1-2H3. The number of hydrogen-bond acceptors (Lipinski definition) is 5. The minimum absolute atomic E-state index is 0.169. The van der Waals surface area contributed by atoms with Gasteiger partial charge in [0.15, 0.2) is 0 Å². The Labute approximate surface area is 119 Å². The van der Waals surface area contributed by atoms with Gasteiger partial charge in [0.05, 0.1) is 19.3 Å². The van der Waals surface area contributed by atoms with Crippen LogP contribution in [0.2, 0.25) is 0 Å². The van der Waals surface area contributed by atoms with Gasteiger partial charge in [0.2, 0.25) is 0 Å². The summed E-state index contributed by atoms with van der Waals surface area (Å²) in [6, 6.07) is 5.72. The molecule has 5 nitrogen and oxygen atoms in total. The first-order chi connectivity index (χ1) is 9.65. The summed E-state index contributed by atoms with van der Waals surface area (Å²) in [5.41, 5.74) is 7.73. The average Bonchev–Trinajstić information content (AvgIpc) is 2.46. The lowest BCUT2D eigenvalue weighted by molar-refractivity contribution is -0.140. The van der Waals surface area contributed by atoms with Crippen LogP contribution in [0.1, 0.15) is 26.2 Å². The smallest absolute Gasteiger partial charge is 0.305 e. The van der Waals surface area contributed by atoms with Gasteiger partial charge in [-0.15, -0.1) is 0 Å². The molecule has 0 spiro atoms. The van der Waals surface area contributed by atoms with E-state index >= 15 is 0 Å². The lowest BCUT2D eigenvalue weighted by atomic mass is 10.1. The molecule has 0 radical (unpaired) electrons. The molecule has 0 aromatic heterocycles. The van der Waals surface area contributed by atoms with Gasteiger partial charge in [0, 0.05) is 13.0 Å². The number of carbonyl (C=O) groups excluding carboxylic acids is 1. The van der Waals surface area contributed by atoms with Crippen LogP contribution < -0.4 is 15.4 Å². The molecule has 20 heavy (non-hydrogen) atoms. The van der Waals surface area contributed by atoms with Crippen molar-refractivity contribution in [3.8, 4) is 5.75 Å². The first-order valence-corrected chi connectivity index (χ1v) is 7.02. The van der Waals surface area contributed by atoms with E-state index in [1.165, 1.54) is 7.11 Å². The van der Waals surface area contributed by atoms with Crippen molar-refractivity contribution >= 4 is 17.3 Å². The number of ether oxygens (including phenoxy) is 2. The van der Waals surface area contributed by atoms with Crippen LogP contribution in [0.3, 0.4) is 0 Å². The van der Waals surface area contributed by atoms with E-state index in [4.69, 9.17) is 10.5 Å². The molecule has 5 heteroatoms. The number of methoxy groups -OCH3 is 1. The van der Waals surface area contributed by atoms with Gasteiger partial charge in [0.25, 0.3) is 0 Å². The van der Waals surface area contributed by atoms with E-state index in [1.54, 1.807) is 0 Å². The van der Waals surface area contributed by atoms with Gasteiger partial charge in [-0.1, -0.05) is 13.0 Å². The third-order valence-corrected chi connectivity index (χ3v) is 3.56. The summed E-state index contributed by atoms with van der Waals surface area (Å²) in [6.45, 7) is 3.68. The molecule has 1 aliphatic heterocycles. The van der Waals surface area contributed by atoms with Crippen molar-refractivity contribution in [3.05, 3.63) is 18.2 Å². The second-order valence-corrected chi connectivity index (χ2v) is 4.97. The molecule has 0 amide bonds. The number of para-hydroxylation sites is 1. The SMILES string of the molecule is CCC1CN(CCCC(=O)OC)c2c(N)cccc2O1. The van der Waals surface area contributed by atoms with Crippen molar-refractivity contribution in [2.75, 3.05) is 30.8 Å². The van der Waals surface area contributed by atoms with Crippen molar-refractivity contribution in [1.82, 2.24) is 0 Å². The summed E-state index contributed by atoms with van der Waals surface area (Å²) >= 11 is 0. The van der Waals surface area contributed by atoms with Gasteiger partial charge in [-0.25, -0.2) is 0 Å². The maximum absolute atomic E-state index is 11.2. The monoisotopic (exact) mass is 278 g/mol. The molecule has 110 valence electrons. The zero-order chi connectivity index (χ0) is 14.5. The first-order valence-electron chi connectivity index (χ1n) is 7.02. The Kier molecular flexibility index (Phi) is 4.71. The molecule has 1 atom stereocenters. The van der Waals surface area contributed by atoms with Crippen LogP contribution in [0.5, 0.6) is 5.75 Å². The first kappa shape index (κ1) is 14.5. The number of anilines is 2. The van der Waals surface area contributed by atoms with Crippen molar-refractivity contribution in [1.29, 1.82) is 0 Å². The van der Waals surface area contributed by atoms with Crippen molar-refractivity contribution < 1.29 is 14.3 Å². The molecule has 1 heterocycles. The summed E-state index contributed by atoms with van der Waals surface area (Å²) in [5.74, 6) is 0.660. The Morgan fingerprint density at radius 2 is 2.35 bits per heavy atom. The Morgan fingerprint density at radius 1 is 1.55 bits per heavy atom. The van der Waals surface area contributed by atoms with Crippen LogP contribution in [0, 0.1) is 0 Å². The molecule has 2 N–H and O–H groups in total. The van der Waals surface area contributed by atoms with Gasteiger partial charge in [-0.3, -0.25) is 4.79 Å². The highest BCUT2D eigenvalue weighted by Gasteiger charge is 2.26. The zero-order valence-corrected chi connectivity index (χ0v) is 12.1. The molecule has 1 aliphatic rings. The van der Waals surface area contributed by atoms with Crippen LogP contribution in [0.25, 0.3) is 0 Å². The highest BCUT2D eigenvalue weighted by molar-refractivity contribution is 5.76. The van der Waals surface area contributed by atoms with E-state index in [0.717, 1.165) is 43.1 Å². The molecule has 0 saturated carbocycles. The molecule has 1 aromatic rings. The fraction of sp³-hybridized carbons (Fsp3) is 0.533. The number of fused-ring (bicyclic) bond motifs is 1. The molecule has 0 aliphatic carbocycles. The van der Waals surface area contributed by atoms with E-state index in [0.29, 0.717) is 6.42 Å². The van der Waals surface area contributed by atoms with Crippen molar-refractivity contribution in [2.45, 2.75) is 32.3 Å². The van der Waals surface area contributed by atoms with Crippen LogP contribution in [0.15, 0.2) is 18.2 Å². The van der Waals surface area contributed by atoms with E-state index in [1.807, 2.05) is 18.2 Å². The lowest BCUT2D eigenvalue weighted by Crippen LogP contribution is -2.40. The van der Waals surface area contributed by atoms with Crippen LogP contribution in [-0.2, 0) is 9.53 Å². The van der Waals surface area contributed by atoms with Gasteiger partial charge in [-0.05, 0) is 25.0 Å². The van der Waals surface area contributed by atoms with E-state index in [9.17, 15) is 4.79 Å². The maximum Gasteiger partial charge on any atom is 0.305 e. The summed E-state index contributed by atoms with van der Waals surface area (Å²) in [6.07, 6.45) is 2.29. The Hall–Kier alpha value is -1.91. The number of carbonyl (C=O) groups is 1. The molecular formula is C15H22N2O3. The molecule has 1 unspecified atom stereocenters. The largest absolute Gasteiger partial charge is 0.486 e. The Bertz CT molecular complexity index is 476. The summed E-state index contributed by atoms with van der Waals surface area (Å²) in [7, 11) is 1.41. The van der Waals surface area contributed by atoms with Gasteiger partial charge in [0.1, 0.15) is 17.5 Å². The van der Waals surface area contributed by atoms with E-state index in [2.05, 4.69) is 16.6 Å². The van der Waals surface area contributed by atoms with Crippen LogP contribution in [0.4, 0.5) is 11.4 Å². The predicted molar refractivity (Wildman–Crippen MR) is 79.0 cm³/mol. The van der Waals surface area contributed by atoms with Gasteiger partial charge in [-0.2, -0.15) is 0 Å². The topological polar surface area (TPSA) is 64.8 Å². The molecule has 1 aromatic carbocycles. The summed E-state index contributed by atoms with van der Waals surface area (Å²) in [5, 5.41) is 0. The van der Waals surface area contributed by atoms with Gasteiger partial charge < -0.3 is 20.1 Å². The molecule has 2 rings (SSSR count). The molecule has 0 fully saturated rings. The zero-order valence-electron chi connectivity index (χ0n) is 12.1. The highest BCUT2D eigenvalue weighted by Crippen LogP contribution is 2.38. The van der Waals surface area contributed by atoms with Crippen molar-refractivity contribution in [2.24, 2.45) is 0 Å². The third kappa shape index (κ3) is 3.15.